The van der Waals surface area contributed by atoms with E-state index in [4.69, 9.17) is 4.74 Å². The van der Waals surface area contributed by atoms with Crippen LogP contribution in [0.5, 0.6) is 0 Å². The minimum Gasteiger partial charge on any atom is -0.392 e. The van der Waals surface area contributed by atoms with E-state index in [-0.39, 0.29) is 6.61 Å². The van der Waals surface area contributed by atoms with Crippen LogP contribution in [0.25, 0.3) is 0 Å². The summed E-state index contributed by atoms with van der Waals surface area (Å²) in [4.78, 5) is 2.37. The molecule has 0 aliphatic carbocycles. The van der Waals surface area contributed by atoms with Gasteiger partial charge in [-0.15, -0.1) is 0 Å². The van der Waals surface area contributed by atoms with E-state index < -0.39 is 0 Å². The number of anilines is 1. The van der Waals surface area contributed by atoms with Gasteiger partial charge in [-0.1, -0.05) is 24.6 Å². The number of aliphatic hydroxyl groups is 1. The second kappa shape index (κ2) is 5.52. The molecule has 1 heterocycles. The van der Waals surface area contributed by atoms with Gasteiger partial charge in [-0.3, -0.25) is 0 Å². The Morgan fingerprint density at radius 2 is 2.29 bits per heavy atom. The number of aliphatic hydroxyl groups excluding tert-OH is 1. The maximum atomic E-state index is 9.47. The highest BCUT2D eigenvalue weighted by atomic mass is 16.5. The molecule has 1 aromatic rings. The van der Waals surface area contributed by atoms with Gasteiger partial charge in [0.15, 0.2) is 0 Å². The zero-order chi connectivity index (χ0) is 12.3. The van der Waals surface area contributed by atoms with E-state index in [1.807, 2.05) is 0 Å². The first-order valence-electron chi connectivity index (χ1n) is 6.31. The molecular weight excluding hydrogens is 214 g/mol. The highest BCUT2D eigenvalue weighted by molar-refractivity contribution is 5.55. The lowest BCUT2D eigenvalue weighted by atomic mass is 10.1. The van der Waals surface area contributed by atoms with Crippen molar-refractivity contribution in [3.63, 3.8) is 0 Å². The van der Waals surface area contributed by atoms with Crippen LogP contribution in [-0.2, 0) is 11.3 Å². The van der Waals surface area contributed by atoms with Crippen molar-refractivity contribution in [2.24, 2.45) is 0 Å². The van der Waals surface area contributed by atoms with Crippen molar-refractivity contribution in [2.45, 2.75) is 32.9 Å². The van der Waals surface area contributed by atoms with Crippen molar-refractivity contribution in [3.8, 4) is 0 Å². The van der Waals surface area contributed by atoms with Gasteiger partial charge >= 0.3 is 0 Å². The lowest BCUT2D eigenvalue weighted by molar-refractivity contribution is 0.0927. The lowest BCUT2D eigenvalue weighted by Crippen LogP contribution is -2.45. The number of benzene rings is 1. The lowest BCUT2D eigenvalue weighted by Gasteiger charge is -2.38. The molecule has 1 aliphatic heterocycles. The van der Waals surface area contributed by atoms with Crippen molar-refractivity contribution in [3.05, 3.63) is 29.3 Å². The highest BCUT2D eigenvalue weighted by Gasteiger charge is 2.23. The number of morpholine rings is 1. The fourth-order valence-corrected chi connectivity index (χ4v) is 2.43. The summed E-state index contributed by atoms with van der Waals surface area (Å²) in [5.74, 6) is 0. The van der Waals surface area contributed by atoms with E-state index in [0.29, 0.717) is 6.04 Å². The number of aryl methyl sites for hydroxylation is 1. The molecule has 1 unspecified atom stereocenters. The standard InChI is InChI=1S/C14H21NO2/c1-3-13-10-17-7-6-15(13)14-5-4-11(2)8-12(14)9-16/h4-5,8,13,16H,3,6-7,9-10H2,1-2H3. The maximum absolute atomic E-state index is 9.47. The van der Waals surface area contributed by atoms with Gasteiger partial charge in [0.2, 0.25) is 0 Å². The number of hydrogen-bond donors (Lipinski definition) is 1. The smallest absolute Gasteiger partial charge is 0.0702 e. The second-order valence-electron chi connectivity index (χ2n) is 4.62. The Labute approximate surface area is 103 Å². The van der Waals surface area contributed by atoms with E-state index in [1.54, 1.807) is 0 Å². The Morgan fingerprint density at radius 3 is 3.00 bits per heavy atom. The molecule has 1 aromatic carbocycles. The number of rotatable bonds is 3. The molecule has 17 heavy (non-hydrogen) atoms. The van der Waals surface area contributed by atoms with Gasteiger partial charge in [0.1, 0.15) is 0 Å². The Bertz CT molecular complexity index is 378. The molecule has 0 amide bonds. The molecule has 1 atom stereocenters. The molecule has 0 bridgehead atoms. The molecule has 0 saturated carbocycles. The van der Waals surface area contributed by atoms with Gasteiger partial charge in [0.05, 0.1) is 25.9 Å². The van der Waals surface area contributed by atoms with Crippen LogP contribution in [0.15, 0.2) is 18.2 Å². The third kappa shape index (κ3) is 2.61. The molecule has 0 aromatic heterocycles. The van der Waals surface area contributed by atoms with Crippen LogP contribution in [0.3, 0.4) is 0 Å². The second-order valence-corrected chi connectivity index (χ2v) is 4.62. The Balaban J connectivity index is 2.30. The van der Waals surface area contributed by atoms with Gasteiger partial charge in [-0.25, -0.2) is 0 Å². The van der Waals surface area contributed by atoms with Crippen LogP contribution in [0, 0.1) is 6.92 Å². The molecule has 94 valence electrons. The van der Waals surface area contributed by atoms with Crippen molar-refractivity contribution in [2.75, 3.05) is 24.7 Å². The fourth-order valence-electron chi connectivity index (χ4n) is 2.43. The van der Waals surface area contributed by atoms with E-state index in [1.165, 1.54) is 5.56 Å². The summed E-state index contributed by atoms with van der Waals surface area (Å²) in [6, 6.07) is 6.72. The van der Waals surface area contributed by atoms with E-state index >= 15 is 0 Å². The summed E-state index contributed by atoms with van der Waals surface area (Å²) < 4.78 is 5.52. The van der Waals surface area contributed by atoms with E-state index in [9.17, 15) is 5.11 Å². The Morgan fingerprint density at radius 1 is 1.47 bits per heavy atom. The van der Waals surface area contributed by atoms with Crippen LogP contribution in [0.4, 0.5) is 5.69 Å². The van der Waals surface area contributed by atoms with Crippen molar-refractivity contribution in [1.29, 1.82) is 0 Å². The van der Waals surface area contributed by atoms with Crippen LogP contribution in [0.2, 0.25) is 0 Å². The molecule has 1 saturated heterocycles. The Kier molecular flexibility index (Phi) is 4.02. The SMILES string of the molecule is CCC1COCCN1c1ccc(C)cc1CO. The summed E-state index contributed by atoms with van der Waals surface area (Å²) in [5.41, 5.74) is 3.37. The Hall–Kier alpha value is -1.06. The number of ether oxygens (including phenoxy) is 1. The van der Waals surface area contributed by atoms with Gasteiger partial charge < -0.3 is 14.7 Å². The third-order valence-electron chi connectivity index (χ3n) is 3.41. The van der Waals surface area contributed by atoms with Gasteiger partial charge in [-0.2, -0.15) is 0 Å². The van der Waals surface area contributed by atoms with Crippen molar-refractivity contribution in [1.82, 2.24) is 0 Å². The largest absolute Gasteiger partial charge is 0.392 e. The normalized spacial score (nSPS) is 20.6. The molecule has 2 rings (SSSR count). The summed E-state index contributed by atoms with van der Waals surface area (Å²) in [5, 5.41) is 9.47. The fraction of sp³-hybridized carbons (Fsp3) is 0.571. The average molecular weight is 235 g/mol. The minimum atomic E-state index is 0.102. The highest BCUT2D eigenvalue weighted by Crippen LogP contribution is 2.26. The zero-order valence-corrected chi connectivity index (χ0v) is 10.6. The van der Waals surface area contributed by atoms with Gasteiger partial charge in [0.25, 0.3) is 0 Å². The average Bonchev–Trinajstić information content (AvgIpc) is 2.38. The number of nitrogens with zero attached hydrogens (tertiary/aromatic N) is 1. The summed E-state index contributed by atoms with van der Waals surface area (Å²) >= 11 is 0. The maximum Gasteiger partial charge on any atom is 0.0702 e. The van der Waals surface area contributed by atoms with Crippen LogP contribution in [-0.4, -0.2) is 30.9 Å². The minimum absolute atomic E-state index is 0.102. The van der Waals surface area contributed by atoms with Gasteiger partial charge in [-0.05, 0) is 19.4 Å². The molecule has 1 fully saturated rings. The molecule has 3 heteroatoms. The zero-order valence-electron chi connectivity index (χ0n) is 10.6. The summed E-state index contributed by atoms with van der Waals surface area (Å²) in [6.07, 6.45) is 1.07. The molecule has 1 N–H and O–H groups in total. The topological polar surface area (TPSA) is 32.7 Å². The third-order valence-corrected chi connectivity index (χ3v) is 3.41. The predicted molar refractivity (Wildman–Crippen MR) is 69.3 cm³/mol. The van der Waals surface area contributed by atoms with Crippen LogP contribution >= 0.6 is 0 Å². The van der Waals surface area contributed by atoms with Crippen LogP contribution < -0.4 is 4.90 Å². The van der Waals surface area contributed by atoms with E-state index in [2.05, 4.69) is 36.9 Å². The van der Waals surface area contributed by atoms with E-state index in [0.717, 1.165) is 37.4 Å². The molecule has 0 spiro atoms. The predicted octanol–water partition coefficient (Wildman–Crippen LogP) is 2.10. The van der Waals surface area contributed by atoms with Crippen molar-refractivity contribution < 1.29 is 9.84 Å². The quantitative estimate of drug-likeness (QED) is 0.871. The monoisotopic (exact) mass is 235 g/mol. The molecule has 1 aliphatic rings. The molecule has 3 nitrogen and oxygen atoms in total. The number of hydrogen-bond acceptors (Lipinski definition) is 3. The summed E-state index contributed by atoms with van der Waals surface area (Å²) in [6.45, 7) is 6.81. The first kappa shape index (κ1) is 12.4. The molecular formula is C14H21NO2. The summed E-state index contributed by atoms with van der Waals surface area (Å²) in [7, 11) is 0. The molecule has 0 radical (unpaired) electrons. The van der Waals surface area contributed by atoms with Crippen molar-refractivity contribution >= 4 is 5.69 Å². The first-order chi connectivity index (χ1) is 8.26. The van der Waals surface area contributed by atoms with Crippen LogP contribution in [0.1, 0.15) is 24.5 Å². The first-order valence-corrected chi connectivity index (χ1v) is 6.31. The van der Waals surface area contributed by atoms with Gasteiger partial charge in [0, 0.05) is 17.8 Å².